The SMILES string of the molecule is C[C@@H]1Cc2ccccc2N1S(=O)(=O)c1cccc(C(=O)N2CC(=O)Nc3ccccc32)c1. The minimum Gasteiger partial charge on any atom is -0.323 e. The van der Waals surface area contributed by atoms with Crippen LogP contribution in [0.1, 0.15) is 22.8 Å². The third-order valence-electron chi connectivity index (χ3n) is 5.80. The first-order valence-corrected chi connectivity index (χ1v) is 11.7. The number of para-hydroxylation sites is 3. The van der Waals surface area contributed by atoms with Crippen molar-refractivity contribution in [2.75, 3.05) is 21.1 Å². The van der Waals surface area contributed by atoms with E-state index in [1.807, 2.05) is 25.1 Å². The molecule has 0 radical (unpaired) electrons. The molecule has 2 aliphatic rings. The molecule has 7 nitrogen and oxygen atoms in total. The summed E-state index contributed by atoms with van der Waals surface area (Å²) >= 11 is 0. The van der Waals surface area contributed by atoms with Gasteiger partial charge in [0.1, 0.15) is 6.54 Å². The van der Waals surface area contributed by atoms with Crippen molar-refractivity contribution in [1.29, 1.82) is 0 Å². The van der Waals surface area contributed by atoms with Crippen molar-refractivity contribution in [2.45, 2.75) is 24.3 Å². The summed E-state index contributed by atoms with van der Waals surface area (Å²) in [4.78, 5) is 26.8. The quantitative estimate of drug-likeness (QED) is 0.667. The second-order valence-electron chi connectivity index (χ2n) is 7.97. The van der Waals surface area contributed by atoms with Gasteiger partial charge >= 0.3 is 0 Å². The van der Waals surface area contributed by atoms with E-state index in [0.29, 0.717) is 23.5 Å². The summed E-state index contributed by atoms with van der Waals surface area (Å²) in [5, 5.41) is 2.75. The Morgan fingerprint density at radius 2 is 1.69 bits per heavy atom. The summed E-state index contributed by atoms with van der Waals surface area (Å²) in [6.45, 7) is 1.74. The number of sulfonamides is 1. The number of nitrogens with one attached hydrogen (secondary N) is 1. The van der Waals surface area contributed by atoms with Gasteiger partial charge in [-0.05, 0) is 55.3 Å². The van der Waals surface area contributed by atoms with E-state index in [-0.39, 0.29) is 29.0 Å². The molecule has 0 fully saturated rings. The summed E-state index contributed by atoms with van der Waals surface area (Å²) in [6, 6.07) is 20.3. The Hall–Kier alpha value is -3.65. The number of nitrogens with zero attached hydrogens (tertiary/aromatic N) is 2. The van der Waals surface area contributed by atoms with Crippen molar-refractivity contribution in [2.24, 2.45) is 0 Å². The molecule has 2 aliphatic heterocycles. The molecular weight excluding hydrogens is 426 g/mol. The van der Waals surface area contributed by atoms with Crippen molar-refractivity contribution in [3.8, 4) is 0 Å². The van der Waals surface area contributed by atoms with Gasteiger partial charge in [0.2, 0.25) is 5.91 Å². The van der Waals surface area contributed by atoms with Crippen LogP contribution in [0.25, 0.3) is 0 Å². The maximum atomic E-state index is 13.5. The summed E-state index contributed by atoms with van der Waals surface area (Å²) in [6.07, 6.45) is 0.633. The topological polar surface area (TPSA) is 86.8 Å². The molecule has 0 unspecified atom stereocenters. The molecular formula is C24H21N3O4S. The van der Waals surface area contributed by atoms with Crippen molar-refractivity contribution < 1.29 is 18.0 Å². The van der Waals surface area contributed by atoms with Gasteiger partial charge in [0, 0.05) is 11.6 Å². The Morgan fingerprint density at radius 1 is 0.969 bits per heavy atom. The monoisotopic (exact) mass is 447 g/mol. The Balaban J connectivity index is 1.52. The molecule has 8 heteroatoms. The number of fused-ring (bicyclic) bond motifs is 2. The molecule has 32 heavy (non-hydrogen) atoms. The third-order valence-corrected chi connectivity index (χ3v) is 7.72. The summed E-state index contributed by atoms with van der Waals surface area (Å²) in [7, 11) is -3.88. The van der Waals surface area contributed by atoms with Crippen molar-refractivity contribution >= 4 is 38.9 Å². The van der Waals surface area contributed by atoms with E-state index in [2.05, 4.69) is 5.32 Å². The first-order chi connectivity index (χ1) is 15.4. The van der Waals surface area contributed by atoms with Crippen molar-refractivity contribution in [1.82, 2.24) is 0 Å². The zero-order valence-corrected chi connectivity index (χ0v) is 18.2. The lowest BCUT2D eigenvalue weighted by atomic mass is 10.1. The van der Waals surface area contributed by atoms with Crippen LogP contribution in [0.2, 0.25) is 0 Å². The van der Waals surface area contributed by atoms with Crippen LogP contribution >= 0.6 is 0 Å². The standard InChI is InChI=1S/C24H21N3O4S/c1-16-13-17-7-2-4-11-21(17)27(16)32(30,31)19-9-6-8-18(14-19)24(29)26-15-23(28)25-20-10-3-5-12-22(20)26/h2-12,14,16H,13,15H2,1H3,(H,25,28)/t16-/m1/s1. The highest BCUT2D eigenvalue weighted by atomic mass is 32.2. The van der Waals surface area contributed by atoms with Gasteiger partial charge in [-0.2, -0.15) is 0 Å². The van der Waals surface area contributed by atoms with E-state index >= 15 is 0 Å². The molecule has 0 aromatic heterocycles. The number of hydrogen-bond acceptors (Lipinski definition) is 4. The number of anilines is 3. The Labute approximate surface area is 186 Å². The molecule has 0 aliphatic carbocycles. The van der Waals surface area contributed by atoms with Gasteiger partial charge < -0.3 is 5.32 Å². The molecule has 3 aromatic rings. The highest BCUT2D eigenvalue weighted by Gasteiger charge is 2.36. The van der Waals surface area contributed by atoms with E-state index in [1.165, 1.54) is 21.3 Å². The van der Waals surface area contributed by atoms with Crippen LogP contribution in [0.3, 0.4) is 0 Å². The largest absolute Gasteiger partial charge is 0.323 e. The number of carbonyl (C=O) groups excluding carboxylic acids is 2. The predicted octanol–water partition coefficient (Wildman–Crippen LogP) is 3.43. The maximum absolute atomic E-state index is 13.5. The van der Waals surface area contributed by atoms with Gasteiger partial charge in [-0.3, -0.25) is 18.8 Å². The van der Waals surface area contributed by atoms with E-state index in [9.17, 15) is 18.0 Å². The molecule has 0 bridgehead atoms. The highest BCUT2D eigenvalue weighted by molar-refractivity contribution is 7.92. The fourth-order valence-electron chi connectivity index (χ4n) is 4.38. The van der Waals surface area contributed by atoms with Crippen molar-refractivity contribution in [3.05, 3.63) is 83.9 Å². The van der Waals surface area contributed by atoms with Gasteiger partial charge in [-0.25, -0.2) is 8.42 Å². The average molecular weight is 448 g/mol. The molecule has 2 heterocycles. The zero-order valence-electron chi connectivity index (χ0n) is 17.4. The van der Waals surface area contributed by atoms with E-state index in [0.717, 1.165) is 5.56 Å². The van der Waals surface area contributed by atoms with Crippen LogP contribution in [0.15, 0.2) is 77.7 Å². The molecule has 0 saturated heterocycles. The number of hydrogen-bond donors (Lipinski definition) is 1. The fourth-order valence-corrected chi connectivity index (χ4v) is 6.12. The normalized spacial score (nSPS) is 17.5. The summed E-state index contributed by atoms with van der Waals surface area (Å²) < 4.78 is 28.5. The minimum absolute atomic E-state index is 0.0432. The third kappa shape index (κ3) is 3.23. The van der Waals surface area contributed by atoms with Crippen LogP contribution in [0, 0.1) is 0 Å². The molecule has 2 amide bonds. The van der Waals surface area contributed by atoms with E-state index in [4.69, 9.17) is 0 Å². The Morgan fingerprint density at radius 3 is 2.50 bits per heavy atom. The van der Waals surface area contributed by atoms with Crippen LogP contribution in [0.5, 0.6) is 0 Å². The predicted molar refractivity (Wildman–Crippen MR) is 122 cm³/mol. The number of carbonyl (C=O) groups is 2. The Kier molecular flexibility index (Phi) is 4.74. The zero-order chi connectivity index (χ0) is 22.5. The molecule has 0 spiro atoms. The lowest BCUT2D eigenvalue weighted by Crippen LogP contribution is -2.42. The second-order valence-corrected chi connectivity index (χ2v) is 9.78. The number of rotatable bonds is 3. The lowest BCUT2D eigenvalue weighted by molar-refractivity contribution is -0.115. The molecule has 1 N–H and O–H groups in total. The van der Waals surface area contributed by atoms with E-state index < -0.39 is 15.9 Å². The van der Waals surface area contributed by atoms with Gasteiger partial charge in [-0.15, -0.1) is 0 Å². The molecule has 162 valence electrons. The highest BCUT2D eigenvalue weighted by Crippen LogP contribution is 2.37. The molecule has 1 atom stereocenters. The fraction of sp³-hybridized carbons (Fsp3) is 0.167. The van der Waals surface area contributed by atoms with Gasteiger partial charge in [-0.1, -0.05) is 36.4 Å². The van der Waals surface area contributed by atoms with E-state index in [1.54, 1.807) is 42.5 Å². The summed E-state index contributed by atoms with van der Waals surface area (Å²) in [5.41, 5.74) is 2.97. The summed E-state index contributed by atoms with van der Waals surface area (Å²) in [5.74, 6) is -0.734. The van der Waals surface area contributed by atoms with Gasteiger partial charge in [0.05, 0.1) is 22.0 Å². The lowest BCUT2D eigenvalue weighted by Gasteiger charge is -2.29. The second kappa shape index (κ2) is 7.49. The van der Waals surface area contributed by atoms with Crippen LogP contribution in [-0.4, -0.2) is 32.8 Å². The van der Waals surface area contributed by atoms with Crippen LogP contribution in [0.4, 0.5) is 17.1 Å². The average Bonchev–Trinajstić information content (AvgIpc) is 3.14. The minimum atomic E-state index is -3.88. The van der Waals surface area contributed by atoms with Gasteiger partial charge in [0.15, 0.2) is 0 Å². The van der Waals surface area contributed by atoms with Crippen LogP contribution in [-0.2, 0) is 21.2 Å². The maximum Gasteiger partial charge on any atom is 0.264 e. The van der Waals surface area contributed by atoms with Crippen molar-refractivity contribution in [3.63, 3.8) is 0 Å². The molecule has 5 rings (SSSR count). The number of amides is 2. The van der Waals surface area contributed by atoms with Gasteiger partial charge in [0.25, 0.3) is 15.9 Å². The molecule has 3 aromatic carbocycles. The molecule has 0 saturated carbocycles. The smallest absolute Gasteiger partial charge is 0.264 e. The number of benzene rings is 3. The first kappa shape index (κ1) is 20.3. The van der Waals surface area contributed by atoms with Crippen LogP contribution < -0.4 is 14.5 Å². The Bertz CT molecular complexity index is 1350. The first-order valence-electron chi connectivity index (χ1n) is 10.3.